The van der Waals surface area contributed by atoms with Crippen LogP contribution in [0.2, 0.25) is 10.0 Å². The Bertz CT molecular complexity index is 830. The summed E-state index contributed by atoms with van der Waals surface area (Å²) in [4.78, 5) is 0. The van der Waals surface area contributed by atoms with Gasteiger partial charge in [-0.25, -0.2) is 8.42 Å². The molecule has 0 saturated carbocycles. The average molecular weight is 349 g/mol. The maximum absolute atomic E-state index is 11.4. The zero-order valence-corrected chi connectivity index (χ0v) is 13.0. The molecule has 0 aliphatic rings. The van der Waals surface area contributed by atoms with E-state index in [1.165, 1.54) is 6.07 Å². The van der Waals surface area contributed by atoms with Crippen LogP contribution < -0.4 is 11.5 Å². The summed E-state index contributed by atoms with van der Waals surface area (Å²) in [7, 11) is -3.68. The minimum Gasteiger partial charge on any atom is -0.381 e. The molecule has 0 saturated heterocycles. The van der Waals surface area contributed by atoms with Gasteiger partial charge in [0.25, 0.3) is 10.0 Å². The van der Waals surface area contributed by atoms with Gasteiger partial charge >= 0.3 is 0 Å². The van der Waals surface area contributed by atoms with Gasteiger partial charge in [0.05, 0.1) is 11.3 Å². The minimum absolute atomic E-state index is 0.0588. The monoisotopic (exact) mass is 348 g/mol. The number of nitrogens with zero attached hydrogens (tertiary/aromatic N) is 4. The van der Waals surface area contributed by atoms with Gasteiger partial charge in [0.15, 0.2) is 17.3 Å². The molecule has 0 unspecified atom stereocenters. The summed E-state index contributed by atoms with van der Waals surface area (Å²) >= 11 is 11.7. The van der Waals surface area contributed by atoms with Crippen LogP contribution in [-0.4, -0.2) is 23.9 Å². The summed E-state index contributed by atoms with van der Waals surface area (Å²) in [5.74, 6) is -0.406. The molecule has 0 amide bonds. The molecule has 8 nitrogen and oxygen atoms in total. The van der Waals surface area contributed by atoms with Crippen LogP contribution in [0.25, 0.3) is 0 Å². The van der Waals surface area contributed by atoms with Crippen molar-refractivity contribution in [2.75, 3.05) is 17.7 Å². The number of benzene rings is 1. The van der Waals surface area contributed by atoms with Gasteiger partial charge in [0.2, 0.25) is 0 Å². The lowest BCUT2D eigenvalue weighted by atomic mass is 10.3. The molecule has 4 N–H and O–H groups in total. The molecule has 0 radical (unpaired) electrons. The average Bonchev–Trinajstić information content (AvgIpc) is 2.66. The van der Waals surface area contributed by atoms with E-state index in [-0.39, 0.29) is 23.0 Å². The Kier molecular flexibility index (Phi) is 4.08. The van der Waals surface area contributed by atoms with Gasteiger partial charge in [0.1, 0.15) is 5.69 Å². The molecule has 21 heavy (non-hydrogen) atoms. The molecule has 0 fully saturated rings. The SMILES string of the molecule is CS(=O)(=O)n1nc(N)c(N=Nc2cc(Cl)ccc2Cl)c1N. The number of hydrogen-bond donors (Lipinski definition) is 2. The van der Waals surface area contributed by atoms with Crippen LogP contribution in [0.5, 0.6) is 0 Å². The van der Waals surface area contributed by atoms with Gasteiger partial charge < -0.3 is 11.5 Å². The number of aromatic nitrogens is 2. The molecule has 0 aliphatic heterocycles. The van der Waals surface area contributed by atoms with Crippen molar-refractivity contribution in [1.29, 1.82) is 0 Å². The number of halogens is 2. The fourth-order valence-corrected chi connectivity index (χ4v) is 2.44. The summed E-state index contributed by atoms with van der Waals surface area (Å²) < 4.78 is 23.5. The third-order valence-electron chi connectivity index (χ3n) is 2.37. The van der Waals surface area contributed by atoms with Crippen LogP contribution >= 0.6 is 23.2 Å². The maximum Gasteiger partial charge on any atom is 0.252 e. The van der Waals surface area contributed by atoms with Crippen molar-refractivity contribution in [1.82, 2.24) is 9.19 Å². The highest BCUT2D eigenvalue weighted by atomic mass is 35.5. The summed E-state index contributed by atoms with van der Waals surface area (Å²) in [5.41, 5.74) is 11.5. The first-order valence-corrected chi connectivity index (χ1v) is 8.02. The third-order valence-corrected chi connectivity index (χ3v) is 3.83. The molecule has 2 aromatic rings. The summed E-state index contributed by atoms with van der Waals surface area (Å²) in [6.07, 6.45) is 0.935. The molecule has 1 aromatic heterocycles. The highest BCUT2D eigenvalue weighted by Crippen LogP contribution is 2.34. The summed E-state index contributed by atoms with van der Waals surface area (Å²) in [5, 5.41) is 12.0. The van der Waals surface area contributed by atoms with E-state index < -0.39 is 10.0 Å². The Morgan fingerprint density at radius 3 is 2.48 bits per heavy atom. The fourth-order valence-electron chi connectivity index (χ4n) is 1.44. The fraction of sp³-hybridized carbons (Fsp3) is 0.100. The molecule has 0 aliphatic carbocycles. The largest absolute Gasteiger partial charge is 0.381 e. The van der Waals surface area contributed by atoms with Gasteiger partial charge in [-0.2, -0.15) is 0 Å². The van der Waals surface area contributed by atoms with Crippen molar-refractivity contribution in [3.8, 4) is 0 Å². The third kappa shape index (κ3) is 3.26. The van der Waals surface area contributed by atoms with Crippen LogP contribution in [0, 0.1) is 0 Å². The minimum atomic E-state index is -3.68. The maximum atomic E-state index is 11.4. The smallest absolute Gasteiger partial charge is 0.252 e. The predicted molar refractivity (Wildman–Crippen MR) is 81.9 cm³/mol. The van der Waals surface area contributed by atoms with Crippen molar-refractivity contribution in [3.63, 3.8) is 0 Å². The first kappa shape index (κ1) is 15.5. The number of azo groups is 1. The molecule has 2 rings (SSSR count). The van der Waals surface area contributed by atoms with Gasteiger partial charge in [-0.05, 0) is 18.2 Å². The van der Waals surface area contributed by atoms with Crippen molar-refractivity contribution >= 4 is 56.2 Å². The highest BCUT2D eigenvalue weighted by molar-refractivity contribution is 7.89. The first-order valence-electron chi connectivity index (χ1n) is 5.41. The molecule has 0 spiro atoms. The van der Waals surface area contributed by atoms with E-state index in [1.54, 1.807) is 12.1 Å². The van der Waals surface area contributed by atoms with E-state index >= 15 is 0 Å². The van der Waals surface area contributed by atoms with Crippen molar-refractivity contribution < 1.29 is 8.42 Å². The highest BCUT2D eigenvalue weighted by Gasteiger charge is 2.19. The Balaban J connectivity index is 2.47. The van der Waals surface area contributed by atoms with Crippen LogP contribution in [0.4, 0.5) is 23.0 Å². The predicted octanol–water partition coefficient (Wildman–Crippen LogP) is 2.58. The number of rotatable bonds is 3. The molecular weight excluding hydrogens is 339 g/mol. The van der Waals surface area contributed by atoms with E-state index in [2.05, 4.69) is 15.3 Å². The Hall–Kier alpha value is -1.84. The van der Waals surface area contributed by atoms with Gasteiger partial charge in [0, 0.05) is 5.02 Å². The molecule has 1 aromatic carbocycles. The van der Waals surface area contributed by atoms with E-state index in [9.17, 15) is 8.42 Å². The van der Waals surface area contributed by atoms with E-state index in [0.29, 0.717) is 14.1 Å². The van der Waals surface area contributed by atoms with E-state index in [1.807, 2.05) is 0 Å². The van der Waals surface area contributed by atoms with Gasteiger partial charge in [-0.15, -0.1) is 19.4 Å². The Morgan fingerprint density at radius 2 is 1.90 bits per heavy atom. The topological polar surface area (TPSA) is 129 Å². The second kappa shape index (κ2) is 5.51. The van der Waals surface area contributed by atoms with Gasteiger partial charge in [-0.1, -0.05) is 23.2 Å². The van der Waals surface area contributed by atoms with Crippen LogP contribution in [0.15, 0.2) is 28.4 Å². The molecule has 0 atom stereocenters. The zero-order chi connectivity index (χ0) is 15.8. The second-order valence-corrected chi connectivity index (χ2v) is 6.68. The normalized spacial score (nSPS) is 12.1. The lowest BCUT2D eigenvalue weighted by Gasteiger charge is -1.99. The summed E-state index contributed by atoms with van der Waals surface area (Å²) in [6, 6.07) is 4.62. The number of nitrogen functional groups attached to an aromatic ring is 2. The zero-order valence-electron chi connectivity index (χ0n) is 10.7. The first-order chi connectivity index (χ1) is 9.70. The van der Waals surface area contributed by atoms with E-state index in [4.69, 9.17) is 34.7 Å². The molecular formula is C10H10Cl2N6O2S. The van der Waals surface area contributed by atoms with Gasteiger partial charge in [-0.3, -0.25) is 0 Å². The van der Waals surface area contributed by atoms with Crippen LogP contribution in [0.3, 0.4) is 0 Å². The Morgan fingerprint density at radius 1 is 1.24 bits per heavy atom. The number of anilines is 2. The van der Waals surface area contributed by atoms with Crippen LogP contribution in [0.1, 0.15) is 0 Å². The Labute approximate surface area is 130 Å². The molecule has 112 valence electrons. The molecule has 1 heterocycles. The lowest BCUT2D eigenvalue weighted by molar-refractivity contribution is 0.587. The second-order valence-electron chi connectivity index (χ2n) is 4.02. The standard InChI is InChI=1S/C10H10Cl2N6O2S/c1-21(19,20)18-10(14)8(9(13)17-18)16-15-7-4-5(11)2-3-6(7)12/h2-4H,14H2,1H3,(H2,13,17). The van der Waals surface area contributed by atoms with Crippen molar-refractivity contribution in [3.05, 3.63) is 28.2 Å². The lowest BCUT2D eigenvalue weighted by Crippen LogP contribution is -2.14. The number of nitrogens with two attached hydrogens (primary N) is 2. The molecule has 11 heteroatoms. The van der Waals surface area contributed by atoms with Crippen molar-refractivity contribution in [2.24, 2.45) is 10.2 Å². The molecule has 0 bridgehead atoms. The van der Waals surface area contributed by atoms with Crippen molar-refractivity contribution in [2.45, 2.75) is 0 Å². The van der Waals surface area contributed by atoms with E-state index in [0.717, 1.165) is 6.26 Å². The summed E-state index contributed by atoms with van der Waals surface area (Å²) in [6.45, 7) is 0. The quantitative estimate of drug-likeness (QED) is 0.823. The number of hydrogen-bond acceptors (Lipinski definition) is 7. The van der Waals surface area contributed by atoms with Crippen LogP contribution in [-0.2, 0) is 10.0 Å².